The molecule has 0 aliphatic rings. The first kappa shape index (κ1) is 15.4. The summed E-state index contributed by atoms with van der Waals surface area (Å²) in [6, 6.07) is -1.22. The van der Waals surface area contributed by atoms with Gasteiger partial charge in [0.1, 0.15) is 19.4 Å². The third-order valence-corrected chi connectivity index (χ3v) is 2.43. The highest BCUT2D eigenvalue weighted by atomic mass is 16.4. The number of carboxylic acid groups (broad SMARTS) is 1. The van der Waals surface area contributed by atoms with Crippen molar-refractivity contribution in [3.05, 3.63) is 12.2 Å². The maximum absolute atomic E-state index is 11.9. The van der Waals surface area contributed by atoms with Crippen LogP contribution in [0.3, 0.4) is 0 Å². The number of nitrogens with two attached hydrogens (primary N) is 1. The van der Waals surface area contributed by atoms with Crippen LogP contribution in [0.1, 0.15) is 18.8 Å². The normalized spacial score (nSPS) is 11.7. The first-order valence-electron chi connectivity index (χ1n) is 5.70. The number of aryl methyl sites for hydroxylation is 1. The molecule has 0 aromatic carbocycles. The second-order valence-electron chi connectivity index (χ2n) is 4.19. The minimum Gasteiger partial charge on any atom is -0.480 e. The molecule has 0 aliphatic heterocycles. The third-order valence-electron chi connectivity index (χ3n) is 2.43. The van der Waals surface area contributed by atoms with Crippen LogP contribution in [0.2, 0.25) is 0 Å². The van der Waals surface area contributed by atoms with Crippen molar-refractivity contribution < 1.29 is 19.5 Å². The highest BCUT2D eigenvalue weighted by Gasteiger charge is 2.22. The average Bonchev–Trinajstić information content (AvgIpc) is 2.73. The number of carboxylic acids is 1. The molecule has 0 aliphatic carbocycles. The van der Waals surface area contributed by atoms with Crippen molar-refractivity contribution >= 4 is 17.9 Å². The molecule has 110 valence electrons. The number of primary amides is 1. The summed E-state index contributed by atoms with van der Waals surface area (Å²) in [6.07, 6.45) is 1.47. The summed E-state index contributed by atoms with van der Waals surface area (Å²) in [5, 5.41) is 18.7. The molecule has 10 nitrogen and oxygen atoms in total. The number of rotatable bonds is 6. The van der Waals surface area contributed by atoms with Crippen molar-refractivity contribution in [1.29, 1.82) is 0 Å². The van der Waals surface area contributed by atoms with Gasteiger partial charge >= 0.3 is 12.0 Å². The van der Waals surface area contributed by atoms with Gasteiger partial charge in [-0.05, 0) is 6.92 Å². The summed E-state index contributed by atoms with van der Waals surface area (Å²) in [5.41, 5.74) is 4.98. The fourth-order valence-electron chi connectivity index (χ4n) is 1.58. The van der Waals surface area contributed by atoms with E-state index in [0.717, 1.165) is 4.90 Å². The number of hydrogen-bond acceptors (Lipinski definition) is 5. The maximum Gasteiger partial charge on any atom is 0.323 e. The van der Waals surface area contributed by atoms with E-state index in [2.05, 4.69) is 15.5 Å². The lowest BCUT2D eigenvalue weighted by Crippen LogP contribution is -2.47. The van der Waals surface area contributed by atoms with Crippen molar-refractivity contribution in [2.75, 3.05) is 13.1 Å². The molecule has 1 aromatic heterocycles. The summed E-state index contributed by atoms with van der Waals surface area (Å²) < 4.78 is 1.61. The lowest BCUT2D eigenvalue weighted by Gasteiger charge is -2.22. The van der Waals surface area contributed by atoms with E-state index in [-0.39, 0.29) is 0 Å². The molecular formula is C10H16N6O4. The Kier molecular flexibility index (Phi) is 5.01. The smallest absolute Gasteiger partial charge is 0.323 e. The number of aliphatic carboxylic acids is 1. The summed E-state index contributed by atoms with van der Waals surface area (Å²) in [7, 11) is 1.70. The molecule has 0 bridgehead atoms. The maximum atomic E-state index is 11.9. The molecule has 0 radical (unpaired) electrons. The highest BCUT2D eigenvalue weighted by molar-refractivity contribution is 5.86. The van der Waals surface area contributed by atoms with Gasteiger partial charge in [0.15, 0.2) is 5.82 Å². The number of amides is 3. The zero-order valence-corrected chi connectivity index (χ0v) is 11.1. The fourth-order valence-corrected chi connectivity index (χ4v) is 1.58. The first-order valence-corrected chi connectivity index (χ1v) is 5.70. The predicted molar refractivity (Wildman–Crippen MR) is 66.4 cm³/mol. The van der Waals surface area contributed by atoms with Crippen molar-refractivity contribution in [2.45, 2.75) is 13.0 Å². The van der Waals surface area contributed by atoms with E-state index in [1.807, 2.05) is 0 Å². The van der Waals surface area contributed by atoms with E-state index in [1.54, 1.807) is 18.5 Å². The van der Waals surface area contributed by atoms with E-state index in [4.69, 9.17) is 10.8 Å². The predicted octanol–water partition coefficient (Wildman–Crippen LogP) is -1.54. The number of carbonyl (C=O) groups is 3. The Balaban J connectivity index is 2.72. The summed E-state index contributed by atoms with van der Waals surface area (Å²) >= 11 is 0. The minimum atomic E-state index is -1.24. The van der Waals surface area contributed by atoms with Crippen LogP contribution in [0, 0.1) is 0 Å². The van der Waals surface area contributed by atoms with Crippen molar-refractivity contribution in [2.24, 2.45) is 12.8 Å². The van der Waals surface area contributed by atoms with Crippen LogP contribution < -0.4 is 11.1 Å². The quantitative estimate of drug-likeness (QED) is 0.577. The Morgan fingerprint density at radius 2 is 2.15 bits per heavy atom. The summed E-state index contributed by atoms with van der Waals surface area (Å²) in [6.45, 7) is 0.551. The molecule has 1 atom stereocenters. The van der Waals surface area contributed by atoms with Gasteiger partial charge in [-0.2, -0.15) is 0 Å². The second kappa shape index (κ2) is 6.50. The number of carbonyl (C=O) groups excluding carboxylic acids is 2. The molecular weight excluding hydrogens is 268 g/mol. The van der Waals surface area contributed by atoms with E-state index >= 15 is 0 Å². The lowest BCUT2D eigenvalue weighted by atomic mass is 10.3. The monoisotopic (exact) mass is 284 g/mol. The number of urea groups is 1. The molecule has 1 aromatic rings. The van der Waals surface area contributed by atoms with Crippen LogP contribution in [0.15, 0.2) is 6.33 Å². The molecule has 10 heteroatoms. The molecule has 1 heterocycles. The van der Waals surface area contributed by atoms with E-state index in [9.17, 15) is 14.4 Å². The number of nitrogens with one attached hydrogen (secondary N) is 1. The summed E-state index contributed by atoms with van der Waals surface area (Å²) in [5.74, 6) is -1.55. The van der Waals surface area contributed by atoms with E-state index in [1.165, 1.54) is 6.33 Å². The third kappa shape index (κ3) is 4.23. The molecule has 0 saturated carbocycles. The topological polar surface area (TPSA) is 143 Å². The fraction of sp³-hybridized carbons (Fsp3) is 0.500. The van der Waals surface area contributed by atoms with Gasteiger partial charge in [0.25, 0.3) is 0 Å². The van der Waals surface area contributed by atoms with Crippen LogP contribution in [-0.2, 0) is 16.6 Å². The standard InChI is InChI=1S/C10H16N6O4/c1-6(9-14-12-5-15(9)2)13-10(20)16(3-7(11)17)4-8(18)19/h5-6H,3-4H2,1-2H3,(H2,11,17)(H,13,20)(H,18,19). The van der Waals surface area contributed by atoms with Gasteiger partial charge < -0.3 is 25.6 Å². The Labute approximate surface area is 114 Å². The zero-order chi connectivity index (χ0) is 15.3. The van der Waals surface area contributed by atoms with Crippen LogP contribution >= 0.6 is 0 Å². The SMILES string of the molecule is CC(NC(=O)N(CC(N)=O)CC(=O)O)c1nncn1C. The van der Waals surface area contributed by atoms with Gasteiger partial charge in [-0.15, -0.1) is 10.2 Å². The van der Waals surface area contributed by atoms with Gasteiger partial charge in [-0.25, -0.2) is 4.79 Å². The van der Waals surface area contributed by atoms with E-state index in [0.29, 0.717) is 5.82 Å². The minimum absolute atomic E-state index is 0.482. The largest absolute Gasteiger partial charge is 0.480 e. The van der Waals surface area contributed by atoms with Gasteiger partial charge in [0.05, 0.1) is 6.04 Å². The Hall–Kier alpha value is -2.65. The first-order chi connectivity index (χ1) is 9.31. The molecule has 0 fully saturated rings. The van der Waals surface area contributed by atoms with Crippen LogP contribution in [0.25, 0.3) is 0 Å². The lowest BCUT2D eigenvalue weighted by molar-refractivity contribution is -0.137. The van der Waals surface area contributed by atoms with Crippen molar-refractivity contribution in [1.82, 2.24) is 25.0 Å². The average molecular weight is 284 g/mol. The summed E-state index contributed by atoms with van der Waals surface area (Å²) in [4.78, 5) is 34.2. The van der Waals surface area contributed by atoms with Crippen molar-refractivity contribution in [3.8, 4) is 0 Å². The molecule has 0 spiro atoms. The molecule has 1 rings (SSSR count). The molecule has 1 unspecified atom stereocenters. The van der Waals surface area contributed by atoms with Crippen LogP contribution in [-0.4, -0.2) is 55.8 Å². The zero-order valence-electron chi connectivity index (χ0n) is 11.1. The molecule has 0 saturated heterocycles. The number of aromatic nitrogens is 3. The van der Waals surface area contributed by atoms with Gasteiger partial charge in [0, 0.05) is 7.05 Å². The number of hydrogen-bond donors (Lipinski definition) is 3. The Morgan fingerprint density at radius 3 is 2.60 bits per heavy atom. The molecule has 4 N–H and O–H groups in total. The van der Waals surface area contributed by atoms with Gasteiger partial charge in [-0.1, -0.05) is 0 Å². The molecule has 3 amide bonds. The second-order valence-corrected chi connectivity index (χ2v) is 4.19. The highest BCUT2D eigenvalue weighted by Crippen LogP contribution is 2.07. The van der Waals surface area contributed by atoms with Gasteiger partial charge in [-0.3, -0.25) is 9.59 Å². The van der Waals surface area contributed by atoms with Crippen molar-refractivity contribution in [3.63, 3.8) is 0 Å². The van der Waals surface area contributed by atoms with Gasteiger partial charge in [0.2, 0.25) is 5.91 Å². The Morgan fingerprint density at radius 1 is 1.50 bits per heavy atom. The van der Waals surface area contributed by atoms with E-state index < -0.39 is 37.0 Å². The number of nitrogens with zero attached hydrogens (tertiary/aromatic N) is 4. The molecule has 20 heavy (non-hydrogen) atoms. The van der Waals surface area contributed by atoms with Crippen LogP contribution in [0.5, 0.6) is 0 Å². The Bertz CT molecular complexity index is 498. The van der Waals surface area contributed by atoms with Crippen LogP contribution in [0.4, 0.5) is 4.79 Å².